The van der Waals surface area contributed by atoms with Crippen molar-refractivity contribution in [3.8, 4) is 17.2 Å². The molecule has 0 unspecified atom stereocenters. The molecular weight excluding hydrogens is 258 g/mol. The molecule has 3 rings (SSSR count). The van der Waals surface area contributed by atoms with Gasteiger partial charge in [-0.05, 0) is 24.3 Å². The molecule has 0 fully saturated rings. The van der Waals surface area contributed by atoms with Crippen LogP contribution in [0.4, 0.5) is 5.82 Å². The molecule has 0 spiro atoms. The minimum atomic E-state index is 0.207. The van der Waals surface area contributed by atoms with Crippen LogP contribution in [0.2, 0.25) is 0 Å². The molecule has 6 heteroatoms. The first kappa shape index (κ1) is 12.3. The molecule has 1 aromatic heterocycles. The average molecular weight is 271 g/mol. The third-order valence-electron chi connectivity index (χ3n) is 2.74. The van der Waals surface area contributed by atoms with Crippen LogP contribution in [0.3, 0.4) is 0 Å². The highest BCUT2D eigenvalue weighted by Crippen LogP contribution is 2.41. The van der Waals surface area contributed by atoms with E-state index in [4.69, 9.17) is 14.2 Å². The van der Waals surface area contributed by atoms with Crippen LogP contribution in [0.5, 0.6) is 17.2 Å². The summed E-state index contributed by atoms with van der Waals surface area (Å²) < 4.78 is 15.9. The Hall–Kier alpha value is -2.76. The summed E-state index contributed by atoms with van der Waals surface area (Å²) in [5.74, 6) is 2.58. The average Bonchev–Trinajstić information content (AvgIpc) is 2.96. The van der Waals surface area contributed by atoms with Gasteiger partial charge in [-0.15, -0.1) is 0 Å². The first-order chi connectivity index (χ1) is 9.86. The summed E-state index contributed by atoms with van der Waals surface area (Å²) >= 11 is 0. The largest absolute Gasteiger partial charge is 0.493 e. The number of rotatable bonds is 4. The number of aromatic nitrogens is 1. The Morgan fingerprint density at radius 2 is 2.30 bits per heavy atom. The van der Waals surface area contributed by atoms with Crippen molar-refractivity contribution in [1.29, 1.82) is 0 Å². The summed E-state index contributed by atoms with van der Waals surface area (Å²) in [6.07, 6.45) is 3.36. The molecule has 1 aliphatic heterocycles. The van der Waals surface area contributed by atoms with Crippen LogP contribution in [-0.2, 0) is 0 Å². The van der Waals surface area contributed by atoms with Crippen LogP contribution < -0.4 is 19.6 Å². The van der Waals surface area contributed by atoms with Gasteiger partial charge in [-0.1, -0.05) is 6.07 Å². The number of hydrazone groups is 1. The third-order valence-corrected chi connectivity index (χ3v) is 2.74. The van der Waals surface area contributed by atoms with E-state index in [9.17, 15) is 0 Å². The maximum absolute atomic E-state index is 5.35. The van der Waals surface area contributed by atoms with Crippen molar-refractivity contribution in [2.75, 3.05) is 19.3 Å². The van der Waals surface area contributed by atoms with Gasteiger partial charge in [0.2, 0.25) is 12.5 Å². The van der Waals surface area contributed by atoms with Gasteiger partial charge in [-0.3, -0.25) is 5.43 Å². The number of nitrogens with zero attached hydrogens (tertiary/aromatic N) is 2. The van der Waals surface area contributed by atoms with E-state index in [0.29, 0.717) is 23.1 Å². The lowest BCUT2D eigenvalue weighted by molar-refractivity contribution is 0.171. The number of hydrogen-bond acceptors (Lipinski definition) is 6. The quantitative estimate of drug-likeness (QED) is 0.682. The molecular formula is C14H13N3O3. The second-order valence-electron chi connectivity index (χ2n) is 4.04. The molecule has 0 atom stereocenters. The van der Waals surface area contributed by atoms with Gasteiger partial charge < -0.3 is 14.2 Å². The fourth-order valence-electron chi connectivity index (χ4n) is 1.83. The smallest absolute Gasteiger partial charge is 0.231 e. The van der Waals surface area contributed by atoms with Gasteiger partial charge in [-0.25, -0.2) is 4.98 Å². The van der Waals surface area contributed by atoms with E-state index < -0.39 is 0 Å². The van der Waals surface area contributed by atoms with Gasteiger partial charge >= 0.3 is 0 Å². The molecule has 2 heterocycles. The van der Waals surface area contributed by atoms with Crippen LogP contribution >= 0.6 is 0 Å². The van der Waals surface area contributed by atoms with E-state index in [1.807, 2.05) is 30.3 Å². The highest BCUT2D eigenvalue weighted by atomic mass is 16.7. The molecule has 2 aromatic rings. The van der Waals surface area contributed by atoms with Crippen LogP contribution in [0.15, 0.2) is 41.6 Å². The van der Waals surface area contributed by atoms with Crippen LogP contribution in [-0.4, -0.2) is 25.1 Å². The molecule has 1 N–H and O–H groups in total. The summed E-state index contributed by atoms with van der Waals surface area (Å²) in [4.78, 5) is 4.11. The topological polar surface area (TPSA) is 65.0 Å². The Balaban J connectivity index is 1.78. The standard InChI is InChI=1S/C14H13N3O3/c1-18-11-6-10(7-12-14(11)20-9-19-12)8-16-17-13-4-2-3-5-15-13/h2-8H,9H2,1H3,(H,15,17)/b16-8-. The van der Waals surface area contributed by atoms with E-state index in [1.165, 1.54) is 0 Å². The Morgan fingerprint density at radius 1 is 1.35 bits per heavy atom. The number of benzene rings is 1. The van der Waals surface area contributed by atoms with Crippen LogP contribution in [0, 0.1) is 0 Å². The van der Waals surface area contributed by atoms with Crippen molar-refractivity contribution >= 4 is 12.0 Å². The number of ether oxygens (including phenoxy) is 3. The van der Waals surface area contributed by atoms with Crippen molar-refractivity contribution in [2.24, 2.45) is 5.10 Å². The Kier molecular flexibility index (Phi) is 3.36. The molecule has 102 valence electrons. The molecule has 0 aliphatic carbocycles. The molecule has 0 saturated carbocycles. The number of pyridine rings is 1. The molecule has 0 saturated heterocycles. The summed E-state index contributed by atoms with van der Waals surface area (Å²) in [7, 11) is 1.59. The molecule has 20 heavy (non-hydrogen) atoms. The van der Waals surface area contributed by atoms with Crippen molar-refractivity contribution < 1.29 is 14.2 Å². The normalized spacial score (nSPS) is 12.7. The maximum Gasteiger partial charge on any atom is 0.231 e. The first-order valence-electron chi connectivity index (χ1n) is 6.04. The number of fused-ring (bicyclic) bond motifs is 1. The molecule has 1 aliphatic rings. The molecule has 6 nitrogen and oxygen atoms in total. The SMILES string of the molecule is COc1cc(/C=N\Nc2ccccn2)cc2c1OCO2. The zero-order chi connectivity index (χ0) is 13.8. The molecule has 0 bridgehead atoms. The zero-order valence-electron chi connectivity index (χ0n) is 10.9. The Labute approximate surface area is 116 Å². The second-order valence-corrected chi connectivity index (χ2v) is 4.04. The summed E-state index contributed by atoms with van der Waals surface area (Å²) in [6.45, 7) is 0.207. The van der Waals surface area contributed by atoms with Crippen molar-refractivity contribution in [1.82, 2.24) is 4.98 Å². The highest BCUT2D eigenvalue weighted by molar-refractivity contribution is 5.83. The maximum atomic E-state index is 5.35. The minimum Gasteiger partial charge on any atom is -0.493 e. The fourth-order valence-corrected chi connectivity index (χ4v) is 1.83. The van der Waals surface area contributed by atoms with Crippen LogP contribution in [0.1, 0.15) is 5.56 Å². The summed E-state index contributed by atoms with van der Waals surface area (Å²) in [6, 6.07) is 9.23. The van der Waals surface area contributed by atoms with Gasteiger partial charge in [0, 0.05) is 11.8 Å². The highest BCUT2D eigenvalue weighted by Gasteiger charge is 2.19. The zero-order valence-corrected chi connectivity index (χ0v) is 10.9. The number of anilines is 1. The van der Waals surface area contributed by atoms with Crippen molar-refractivity contribution in [2.45, 2.75) is 0 Å². The van der Waals surface area contributed by atoms with E-state index >= 15 is 0 Å². The number of nitrogens with one attached hydrogen (secondary N) is 1. The van der Waals surface area contributed by atoms with Crippen LogP contribution in [0.25, 0.3) is 0 Å². The van der Waals surface area contributed by atoms with E-state index in [-0.39, 0.29) is 6.79 Å². The predicted molar refractivity (Wildman–Crippen MR) is 74.6 cm³/mol. The van der Waals surface area contributed by atoms with Gasteiger partial charge in [-0.2, -0.15) is 5.10 Å². The first-order valence-corrected chi connectivity index (χ1v) is 6.04. The fraction of sp³-hybridized carbons (Fsp3) is 0.143. The molecule has 0 amide bonds. The molecule has 1 aromatic carbocycles. The van der Waals surface area contributed by atoms with E-state index in [1.54, 1.807) is 19.5 Å². The predicted octanol–water partition coefficient (Wildman–Crippen LogP) is 2.26. The Bertz CT molecular complexity index is 629. The lowest BCUT2D eigenvalue weighted by atomic mass is 10.2. The van der Waals surface area contributed by atoms with Gasteiger partial charge in [0.05, 0.1) is 13.3 Å². The molecule has 0 radical (unpaired) electrons. The van der Waals surface area contributed by atoms with Gasteiger partial charge in [0.15, 0.2) is 11.5 Å². The number of methoxy groups -OCH3 is 1. The van der Waals surface area contributed by atoms with Gasteiger partial charge in [0.25, 0.3) is 0 Å². The lowest BCUT2D eigenvalue weighted by Crippen LogP contribution is -1.94. The van der Waals surface area contributed by atoms with E-state index in [2.05, 4.69) is 15.5 Å². The Morgan fingerprint density at radius 3 is 3.10 bits per heavy atom. The lowest BCUT2D eigenvalue weighted by Gasteiger charge is -2.05. The van der Waals surface area contributed by atoms with E-state index in [0.717, 1.165) is 5.56 Å². The summed E-state index contributed by atoms with van der Waals surface area (Å²) in [5.41, 5.74) is 3.69. The third kappa shape index (κ3) is 2.49. The number of hydrogen-bond donors (Lipinski definition) is 1. The van der Waals surface area contributed by atoms with Crippen molar-refractivity contribution in [3.05, 3.63) is 42.1 Å². The van der Waals surface area contributed by atoms with Crippen molar-refractivity contribution in [3.63, 3.8) is 0 Å². The second kappa shape index (κ2) is 5.48. The van der Waals surface area contributed by atoms with Gasteiger partial charge in [0.1, 0.15) is 5.82 Å². The minimum absolute atomic E-state index is 0.207. The monoisotopic (exact) mass is 271 g/mol. The summed E-state index contributed by atoms with van der Waals surface area (Å²) in [5, 5.41) is 4.12.